The Kier molecular flexibility index (Phi) is 4.75. The topological polar surface area (TPSA) is 80.5 Å². The number of nitrogens with zero attached hydrogens (tertiary/aromatic N) is 3. The molecule has 0 fully saturated rings. The average Bonchev–Trinajstić information content (AvgIpc) is 2.89. The minimum absolute atomic E-state index is 0.432. The van der Waals surface area contributed by atoms with Crippen molar-refractivity contribution in [1.29, 1.82) is 0 Å². The molecule has 0 spiro atoms. The maximum atomic E-state index is 6.16. The predicted molar refractivity (Wildman–Crippen MR) is 87.2 cm³/mol. The number of aryl methyl sites for hydroxylation is 1. The van der Waals surface area contributed by atoms with Crippen molar-refractivity contribution in [2.24, 2.45) is 0 Å². The largest absolute Gasteiger partial charge is 0.384 e. The first-order valence-corrected chi connectivity index (χ1v) is 7.16. The summed E-state index contributed by atoms with van der Waals surface area (Å²) in [6.07, 6.45) is 4.52. The van der Waals surface area contributed by atoms with Crippen LogP contribution in [0.4, 0.5) is 5.82 Å². The second-order valence-corrected chi connectivity index (χ2v) is 5.13. The molecule has 6 heteroatoms. The van der Waals surface area contributed by atoms with Crippen molar-refractivity contribution in [2.45, 2.75) is 27.2 Å². The van der Waals surface area contributed by atoms with Crippen molar-refractivity contribution in [1.82, 2.24) is 20.2 Å². The van der Waals surface area contributed by atoms with Crippen molar-refractivity contribution >= 4 is 28.5 Å². The lowest BCUT2D eigenvalue weighted by Crippen LogP contribution is -1.94. The van der Waals surface area contributed by atoms with Crippen LogP contribution in [0.15, 0.2) is 24.5 Å². The van der Waals surface area contributed by atoms with Gasteiger partial charge in [-0.25, -0.2) is 9.97 Å². The number of hydrogen-bond donors (Lipinski definition) is 2. The standard InChI is InChI=1S/C12H10ClN5.C3H8/c1-6-8(2-7-4-16-18-12(7)17-6)9-3-11(14)15-5-10(9)13;1-3-2/h2-5H,1H3,(H2,14,15)(H,16,17,18);3H2,1-2H3. The van der Waals surface area contributed by atoms with Crippen LogP contribution in [-0.2, 0) is 0 Å². The van der Waals surface area contributed by atoms with E-state index in [1.807, 2.05) is 13.0 Å². The van der Waals surface area contributed by atoms with Gasteiger partial charge in [0.1, 0.15) is 5.82 Å². The van der Waals surface area contributed by atoms with Gasteiger partial charge in [-0.05, 0) is 19.1 Å². The first kappa shape index (κ1) is 15.3. The fourth-order valence-electron chi connectivity index (χ4n) is 1.91. The molecule has 0 aliphatic carbocycles. The van der Waals surface area contributed by atoms with Crippen LogP contribution in [0.2, 0.25) is 5.02 Å². The van der Waals surface area contributed by atoms with E-state index in [2.05, 4.69) is 34.0 Å². The highest BCUT2D eigenvalue weighted by molar-refractivity contribution is 6.33. The quantitative estimate of drug-likeness (QED) is 0.712. The third-order valence-corrected chi connectivity index (χ3v) is 3.08. The summed E-state index contributed by atoms with van der Waals surface area (Å²) in [6, 6.07) is 3.74. The smallest absolute Gasteiger partial charge is 0.155 e. The number of nitrogens with one attached hydrogen (secondary N) is 1. The number of H-pyrrole nitrogens is 1. The number of anilines is 1. The molecule has 3 N–H and O–H groups in total. The number of halogens is 1. The summed E-state index contributed by atoms with van der Waals surface area (Å²) < 4.78 is 0. The molecule has 0 radical (unpaired) electrons. The molecule has 3 aromatic heterocycles. The zero-order chi connectivity index (χ0) is 15.4. The Labute approximate surface area is 128 Å². The minimum atomic E-state index is 0.432. The van der Waals surface area contributed by atoms with E-state index in [4.69, 9.17) is 17.3 Å². The molecule has 0 aliphatic rings. The van der Waals surface area contributed by atoms with E-state index >= 15 is 0 Å². The lowest BCUT2D eigenvalue weighted by molar-refractivity contribution is 1.09. The first-order chi connectivity index (χ1) is 10.1. The molecule has 0 aromatic carbocycles. The Morgan fingerprint density at radius 2 is 1.90 bits per heavy atom. The van der Waals surface area contributed by atoms with E-state index in [1.165, 1.54) is 6.42 Å². The van der Waals surface area contributed by atoms with Crippen molar-refractivity contribution in [2.75, 3.05) is 5.73 Å². The van der Waals surface area contributed by atoms with Crippen LogP contribution in [0.5, 0.6) is 0 Å². The number of hydrogen-bond acceptors (Lipinski definition) is 4. The molecule has 21 heavy (non-hydrogen) atoms. The van der Waals surface area contributed by atoms with E-state index in [1.54, 1.807) is 18.5 Å². The highest BCUT2D eigenvalue weighted by Gasteiger charge is 2.11. The monoisotopic (exact) mass is 303 g/mol. The van der Waals surface area contributed by atoms with E-state index in [9.17, 15) is 0 Å². The second-order valence-electron chi connectivity index (χ2n) is 4.73. The van der Waals surface area contributed by atoms with Gasteiger partial charge < -0.3 is 5.73 Å². The van der Waals surface area contributed by atoms with Gasteiger partial charge in [-0.15, -0.1) is 0 Å². The van der Waals surface area contributed by atoms with Crippen molar-refractivity contribution in [3.63, 3.8) is 0 Å². The van der Waals surface area contributed by atoms with Gasteiger partial charge in [0, 0.05) is 28.4 Å². The van der Waals surface area contributed by atoms with Crippen molar-refractivity contribution in [3.05, 3.63) is 35.2 Å². The second kappa shape index (κ2) is 6.54. The van der Waals surface area contributed by atoms with Crippen molar-refractivity contribution < 1.29 is 0 Å². The highest BCUT2D eigenvalue weighted by Crippen LogP contribution is 2.31. The lowest BCUT2D eigenvalue weighted by atomic mass is 10.0. The number of fused-ring (bicyclic) bond motifs is 1. The molecule has 3 aromatic rings. The van der Waals surface area contributed by atoms with Gasteiger partial charge in [0.05, 0.1) is 11.2 Å². The average molecular weight is 304 g/mol. The molecular formula is C15H18ClN5. The van der Waals surface area contributed by atoms with Crippen molar-refractivity contribution in [3.8, 4) is 11.1 Å². The fraction of sp³-hybridized carbons (Fsp3) is 0.267. The van der Waals surface area contributed by atoms with Crippen LogP contribution >= 0.6 is 11.6 Å². The maximum Gasteiger partial charge on any atom is 0.155 e. The van der Waals surface area contributed by atoms with E-state index in [0.29, 0.717) is 10.8 Å². The molecule has 3 rings (SSSR count). The van der Waals surface area contributed by atoms with Gasteiger partial charge >= 0.3 is 0 Å². The Morgan fingerprint density at radius 1 is 1.19 bits per heavy atom. The first-order valence-electron chi connectivity index (χ1n) is 6.78. The summed E-state index contributed by atoms with van der Waals surface area (Å²) in [5.74, 6) is 0.432. The number of rotatable bonds is 1. The number of aromatic nitrogens is 4. The fourth-order valence-corrected chi connectivity index (χ4v) is 2.11. The number of nitrogen functional groups attached to an aromatic ring is 1. The minimum Gasteiger partial charge on any atom is -0.384 e. The zero-order valence-electron chi connectivity index (χ0n) is 12.3. The van der Waals surface area contributed by atoms with Gasteiger partial charge in [0.2, 0.25) is 0 Å². The van der Waals surface area contributed by atoms with Crippen LogP contribution in [0.3, 0.4) is 0 Å². The Morgan fingerprint density at radius 3 is 2.62 bits per heavy atom. The normalized spacial score (nSPS) is 10.3. The van der Waals surface area contributed by atoms with Crippen LogP contribution in [0.25, 0.3) is 22.2 Å². The molecule has 0 saturated carbocycles. The summed E-state index contributed by atoms with van der Waals surface area (Å²) in [7, 11) is 0. The van der Waals surface area contributed by atoms with E-state index in [-0.39, 0.29) is 0 Å². The van der Waals surface area contributed by atoms with Gasteiger partial charge in [-0.1, -0.05) is 31.9 Å². The summed E-state index contributed by atoms with van der Waals surface area (Å²) in [5, 5.41) is 8.28. The molecule has 0 unspecified atom stereocenters. The molecule has 0 amide bonds. The molecule has 110 valence electrons. The van der Waals surface area contributed by atoms with Crippen LogP contribution < -0.4 is 5.73 Å². The SMILES string of the molecule is CCC.Cc1nc2[nH]ncc2cc1-c1cc(N)ncc1Cl. The predicted octanol–water partition coefficient (Wildman–Crippen LogP) is 3.98. The van der Waals surface area contributed by atoms with E-state index in [0.717, 1.165) is 27.9 Å². The number of aromatic amines is 1. The zero-order valence-corrected chi connectivity index (χ0v) is 13.1. The maximum absolute atomic E-state index is 6.16. The Balaban J connectivity index is 0.000000497. The molecule has 5 nitrogen and oxygen atoms in total. The third kappa shape index (κ3) is 3.31. The summed E-state index contributed by atoms with van der Waals surface area (Å²) in [4.78, 5) is 8.40. The summed E-state index contributed by atoms with van der Waals surface area (Å²) in [5.41, 5.74) is 9.08. The molecule has 0 atom stereocenters. The Hall–Kier alpha value is -2.14. The highest BCUT2D eigenvalue weighted by atomic mass is 35.5. The van der Waals surface area contributed by atoms with Gasteiger partial charge in [-0.2, -0.15) is 5.10 Å². The van der Waals surface area contributed by atoms with Gasteiger partial charge in [0.15, 0.2) is 5.65 Å². The van der Waals surface area contributed by atoms with Crippen LogP contribution in [-0.4, -0.2) is 20.2 Å². The third-order valence-electron chi connectivity index (χ3n) is 2.78. The molecular weight excluding hydrogens is 286 g/mol. The molecule has 0 saturated heterocycles. The number of nitrogens with two attached hydrogens (primary N) is 1. The summed E-state index contributed by atoms with van der Waals surface area (Å²) >= 11 is 6.16. The number of pyridine rings is 2. The van der Waals surface area contributed by atoms with Crippen LogP contribution in [0.1, 0.15) is 26.0 Å². The lowest BCUT2D eigenvalue weighted by Gasteiger charge is -2.08. The molecule has 3 heterocycles. The molecule has 0 aliphatic heterocycles. The van der Waals surface area contributed by atoms with Crippen LogP contribution in [0, 0.1) is 6.92 Å². The van der Waals surface area contributed by atoms with Gasteiger partial charge in [-0.3, -0.25) is 5.10 Å². The molecule has 0 bridgehead atoms. The van der Waals surface area contributed by atoms with Gasteiger partial charge in [0.25, 0.3) is 0 Å². The Bertz CT molecular complexity index is 751. The van der Waals surface area contributed by atoms with E-state index < -0.39 is 0 Å². The summed E-state index contributed by atoms with van der Waals surface area (Å²) in [6.45, 7) is 6.17.